The van der Waals surface area contributed by atoms with Crippen molar-refractivity contribution in [3.8, 4) is 0 Å². The number of nitrogens with one attached hydrogen (secondary N) is 1. The minimum Gasteiger partial charge on any atom is -0.320 e. The number of unbranched alkanes of at least 4 members (excludes halogenated alkanes) is 1. The van der Waals surface area contributed by atoms with Gasteiger partial charge in [-0.15, -0.1) is 11.3 Å². The average molecular weight is 306 g/mol. The van der Waals surface area contributed by atoms with E-state index in [2.05, 4.69) is 41.6 Å². The van der Waals surface area contributed by atoms with Crippen LogP contribution in [0.15, 0.2) is 17.5 Å². The number of carbonyl (C=O) groups is 1. The van der Waals surface area contributed by atoms with Gasteiger partial charge in [0.2, 0.25) is 5.91 Å². The lowest BCUT2D eigenvalue weighted by molar-refractivity contribution is -0.131. The summed E-state index contributed by atoms with van der Waals surface area (Å²) in [7, 11) is 0. The van der Waals surface area contributed by atoms with E-state index in [1.807, 2.05) is 0 Å². The van der Waals surface area contributed by atoms with Crippen molar-refractivity contribution in [2.45, 2.75) is 64.1 Å². The van der Waals surface area contributed by atoms with E-state index >= 15 is 0 Å². The van der Waals surface area contributed by atoms with Crippen molar-refractivity contribution in [3.63, 3.8) is 0 Å². The molecule has 1 aliphatic heterocycles. The van der Waals surface area contributed by atoms with Crippen molar-refractivity contribution in [2.24, 2.45) is 5.92 Å². The molecular formula is C17H26N2OS. The third kappa shape index (κ3) is 2.88. The first kappa shape index (κ1) is 15.0. The second-order valence-corrected chi connectivity index (χ2v) is 7.50. The van der Waals surface area contributed by atoms with Crippen LogP contribution in [0.2, 0.25) is 0 Å². The smallest absolute Gasteiger partial charge is 0.244 e. The monoisotopic (exact) mass is 306 g/mol. The summed E-state index contributed by atoms with van der Waals surface area (Å²) in [6, 6.07) is 4.23. The highest BCUT2D eigenvalue weighted by atomic mass is 32.1. The van der Waals surface area contributed by atoms with E-state index in [0.29, 0.717) is 11.8 Å². The molecule has 3 nitrogen and oxygen atoms in total. The Balaban J connectivity index is 1.75. The van der Waals surface area contributed by atoms with E-state index < -0.39 is 0 Å². The van der Waals surface area contributed by atoms with Gasteiger partial charge in [-0.2, -0.15) is 0 Å². The molecule has 4 heteroatoms. The Morgan fingerprint density at radius 2 is 2.29 bits per heavy atom. The van der Waals surface area contributed by atoms with Gasteiger partial charge < -0.3 is 4.90 Å². The standard InChI is InChI=1S/C17H26N2OS/c1-3-5-7-13(4-2)12-19-15(14-8-6-11-21-14)18-17(9-10-17)16(19)20/h6,8,11,13,15,18H,3-5,7,9-10,12H2,1-2H3. The van der Waals surface area contributed by atoms with Crippen LogP contribution in [-0.2, 0) is 4.79 Å². The largest absolute Gasteiger partial charge is 0.320 e. The Hall–Kier alpha value is -0.870. The summed E-state index contributed by atoms with van der Waals surface area (Å²) < 4.78 is 0. The molecule has 3 rings (SSSR count). The van der Waals surface area contributed by atoms with Gasteiger partial charge in [0.25, 0.3) is 0 Å². The van der Waals surface area contributed by atoms with Crippen LogP contribution in [0, 0.1) is 5.92 Å². The van der Waals surface area contributed by atoms with Gasteiger partial charge in [-0.1, -0.05) is 39.2 Å². The van der Waals surface area contributed by atoms with Crippen molar-refractivity contribution in [1.82, 2.24) is 10.2 Å². The lowest BCUT2D eigenvalue weighted by Gasteiger charge is -2.27. The Morgan fingerprint density at radius 1 is 1.48 bits per heavy atom. The minimum atomic E-state index is -0.211. The molecule has 2 aliphatic rings. The molecule has 1 aromatic rings. The van der Waals surface area contributed by atoms with E-state index in [1.54, 1.807) is 11.3 Å². The summed E-state index contributed by atoms with van der Waals surface area (Å²) in [5.41, 5.74) is -0.211. The molecule has 2 heterocycles. The Bertz CT molecular complexity index is 481. The fourth-order valence-corrected chi connectivity index (χ4v) is 4.12. The predicted molar refractivity (Wildman–Crippen MR) is 87.2 cm³/mol. The van der Waals surface area contributed by atoms with E-state index in [1.165, 1.54) is 24.1 Å². The van der Waals surface area contributed by atoms with E-state index in [4.69, 9.17) is 0 Å². The van der Waals surface area contributed by atoms with Crippen molar-refractivity contribution < 1.29 is 4.79 Å². The van der Waals surface area contributed by atoms with Gasteiger partial charge in [0.15, 0.2) is 0 Å². The normalized spacial score (nSPS) is 24.8. The quantitative estimate of drug-likeness (QED) is 0.828. The zero-order valence-corrected chi connectivity index (χ0v) is 13.9. The highest BCUT2D eigenvalue weighted by Crippen LogP contribution is 2.47. The van der Waals surface area contributed by atoms with Crippen LogP contribution in [0.5, 0.6) is 0 Å². The molecule has 1 spiro atoms. The molecule has 2 unspecified atom stereocenters. The lowest BCUT2D eigenvalue weighted by atomic mass is 9.98. The molecule has 2 fully saturated rings. The first-order chi connectivity index (χ1) is 10.2. The molecule has 21 heavy (non-hydrogen) atoms. The number of amides is 1. The molecule has 0 aromatic carbocycles. The molecule has 2 atom stereocenters. The molecule has 1 aliphatic carbocycles. The lowest BCUT2D eigenvalue weighted by Crippen LogP contribution is -2.35. The SMILES string of the molecule is CCCCC(CC)CN1C(=O)C2(CC2)NC1c1cccs1. The first-order valence-corrected chi connectivity index (χ1v) is 9.20. The number of hydrogen-bond donors (Lipinski definition) is 1. The van der Waals surface area contributed by atoms with Crippen LogP contribution in [0.25, 0.3) is 0 Å². The average Bonchev–Trinajstić information content (AvgIpc) is 2.98. The second kappa shape index (κ2) is 6.09. The van der Waals surface area contributed by atoms with Crippen molar-refractivity contribution in [3.05, 3.63) is 22.4 Å². The molecule has 1 saturated heterocycles. The topological polar surface area (TPSA) is 32.3 Å². The van der Waals surface area contributed by atoms with Gasteiger partial charge in [-0.05, 0) is 36.6 Å². The van der Waals surface area contributed by atoms with Gasteiger partial charge >= 0.3 is 0 Å². The highest BCUT2D eigenvalue weighted by Gasteiger charge is 2.59. The fourth-order valence-electron chi connectivity index (χ4n) is 3.33. The summed E-state index contributed by atoms with van der Waals surface area (Å²) in [5, 5.41) is 5.72. The molecule has 1 saturated carbocycles. The first-order valence-electron chi connectivity index (χ1n) is 8.32. The number of hydrogen-bond acceptors (Lipinski definition) is 3. The van der Waals surface area contributed by atoms with E-state index in [9.17, 15) is 4.79 Å². The Kier molecular flexibility index (Phi) is 4.36. The van der Waals surface area contributed by atoms with Gasteiger partial charge in [0.1, 0.15) is 11.7 Å². The number of thiophene rings is 1. The maximum absolute atomic E-state index is 12.8. The highest BCUT2D eigenvalue weighted by molar-refractivity contribution is 7.10. The van der Waals surface area contributed by atoms with Crippen LogP contribution in [-0.4, -0.2) is 22.9 Å². The number of rotatable bonds is 7. The summed E-state index contributed by atoms with van der Waals surface area (Å²) in [6.07, 6.45) is 7.03. The molecule has 0 radical (unpaired) electrons. The van der Waals surface area contributed by atoms with Crippen LogP contribution in [0.1, 0.15) is 63.4 Å². The van der Waals surface area contributed by atoms with E-state index in [-0.39, 0.29) is 11.7 Å². The van der Waals surface area contributed by atoms with Gasteiger partial charge in [0.05, 0.1) is 0 Å². The maximum Gasteiger partial charge on any atom is 0.244 e. The molecule has 116 valence electrons. The van der Waals surface area contributed by atoms with Gasteiger partial charge in [-0.25, -0.2) is 0 Å². The zero-order chi connectivity index (χ0) is 14.9. The predicted octanol–water partition coefficient (Wildman–Crippen LogP) is 3.93. The summed E-state index contributed by atoms with van der Waals surface area (Å²) >= 11 is 1.75. The van der Waals surface area contributed by atoms with Crippen LogP contribution < -0.4 is 5.32 Å². The van der Waals surface area contributed by atoms with E-state index in [0.717, 1.165) is 25.8 Å². The number of nitrogens with zero attached hydrogens (tertiary/aromatic N) is 1. The Morgan fingerprint density at radius 3 is 2.86 bits per heavy atom. The van der Waals surface area contributed by atoms with Crippen molar-refractivity contribution in [1.29, 1.82) is 0 Å². The minimum absolute atomic E-state index is 0.107. The molecular weight excluding hydrogens is 280 g/mol. The van der Waals surface area contributed by atoms with Crippen molar-refractivity contribution >= 4 is 17.2 Å². The summed E-state index contributed by atoms with van der Waals surface area (Å²) in [5.74, 6) is 0.975. The molecule has 1 N–H and O–H groups in total. The third-order valence-electron chi connectivity index (χ3n) is 4.96. The number of carbonyl (C=O) groups excluding carboxylic acids is 1. The van der Waals surface area contributed by atoms with Gasteiger partial charge in [-0.3, -0.25) is 10.1 Å². The third-order valence-corrected chi connectivity index (χ3v) is 5.88. The van der Waals surface area contributed by atoms with Gasteiger partial charge in [0, 0.05) is 11.4 Å². The zero-order valence-electron chi connectivity index (χ0n) is 13.1. The fraction of sp³-hybridized carbons (Fsp3) is 0.706. The second-order valence-electron chi connectivity index (χ2n) is 6.52. The molecule has 1 amide bonds. The Labute approximate surface area is 131 Å². The van der Waals surface area contributed by atoms with Crippen LogP contribution in [0.3, 0.4) is 0 Å². The van der Waals surface area contributed by atoms with Crippen LogP contribution in [0.4, 0.5) is 0 Å². The maximum atomic E-state index is 12.8. The summed E-state index contributed by atoms with van der Waals surface area (Å²) in [4.78, 5) is 16.2. The van der Waals surface area contributed by atoms with Crippen molar-refractivity contribution in [2.75, 3.05) is 6.54 Å². The van der Waals surface area contributed by atoms with Crippen LogP contribution >= 0.6 is 11.3 Å². The molecule has 0 bridgehead atoms. The molecule has 1 aromatic heterocycles. The summed E-state index contributed by atoms with van der Waals surface area (Å²) in [6.45, 7) is 5.40.